The Bertz CT molecular complexity index is 751. The highest BCUT2D eigenvalue weighted by Crippen LogP contribution is 2.24. The van der Waals surface area contributed by atoms with Gasteiger partial charge < -0.3 is 4.57 Å². The molecule has 0 bridgehead atoms. The summed E-state index contributed by atoms with van der Waals surface area (Å²) < 4.78 is 4.22. The molecule has 0 atom stereocenters. The van der Waals surface area contributed by atoms with Gasteiger partial charge in [-0.15, -0.1) is 22.9 Å². The molecule has 0 unspecified atom stereocenters. The largest absolute Gasteiger partial charge is 0.327 e. The number of aromatic nitrogens is 2. The molecule has 0 N–H and O–H groups in total. The summed E-state index contributed by atoms with van der Waals surface area (Å²) in [6.45, 7) is 0.871. The Morgan fingerprint density at radius 1 is 1.25 bits per heavy atom. The first kappa shape index (κ1) is 14.6. The van der Waals surface area contributed by atoms with Crippen LogP contribution in [0, 0.1) is 3.57 Å². The minimum atomic E-state index is 0.427. The maximum absolute atomic E-state index is 6.03. The van der Waals surface area contributed by atoms with Crippen LogP contribution < -0.4 is 0 Å². The molecule has 2 heterocycles. The molecule has 0 aliphatic carbocycles. The number of fused-ring (bicyclic) bond motifs is 1. The Hall–Kier alpha value is -0.300. The lowest BCUT2D eigenvalue weighted by Gasteiger charge is -2.06. The van der Waals surface area contributed by atoms with Crippen LogP contribution in [-0.4, -0.2) is 9.55 Å². The summed E-state index contributed by atoms with van der Waals surface area (Å²) in [6, 6.07) is 10.3. The summed E-state index contributed by atoms with van der Waals surface area (Å²) in [5, 5.41) is 0. The second kappa shape index (κ2) is 6.22. The van der Waals surface area contributed by atoms with Crippen LogP contribution in [0.5, 0.6) is 0 Å². The predicted molar refractivity (Wildman–Crippen MR) is 95.0 cm³/mol. The highest BCUT2D eigenvalue weighted by molar-refractivity contribution is 14.1. The Balaban J connectivity index is 1.93. The van der Waals surface area contributed by atoms with Crippen molar-refractivity contribution < 1.29 is 0 Å². The average molecular weight is 437 g/mol. The molecule has 0 saturated carbocycles. The van der Waals surface area contributed by atoms with Crippen molar-refractivity contribution in [1.82, 2.24) is 9.55 Å². The number of halogens is 3. The van der Waals surface area contributed by atoms with Gasteiger partial charge in [0.25, 0.3) is 0 Å². The van der Waals surface area contributed by atoms with E-state index in [2.05, 4.69) is 56.4 Å². The van der Waals surface area contributed by atoms with Gasteiger partial charge in [0, 0.05) is 15.0 Å². The van der Waals surface area contributed by atoms with Crippen LogP contribution >= 0.6 is 57.1 Å². The molecule has 0 fully saturated rings. The monoisotopic (exact) mass is 436 g/mol. The second-order valence-corrected chi connectivity index (χ2v) is 7.71. The number of benzene rings is 1. The third-order valence-electron chi connectivity index (χ3n) is 3.12. The van der Waals surface area contributed by atoms with E-state index in [0.29, 0.717) is 5.88 Å². The van der Waals surface area contributed by atoms with Gasteiger partial charge >= 0.3 is 0 Å². The van der Waals surface area contributed by atoms with Crippen molar-refractivity contribution in [1.29, 1.82) is 0 Å². The first-order valence-corrected chi connectivity index (χ1v) is 8.93. The summed E-state index contributed by atoms with van der Waals surface area (Å²) in [7, 11) is 0. The predicted octanol–water partition coefficient (Wildman–Crippen LogP) is 5.34. The molecule has 3 rings (SSSR count). The summed E-state index contributed by atoms with van der Waals surface area (Å²) in [5.41, 5.74) is 2.15. The molecular formula is C14H11Cl2IN2S. The van der Waals surface area contributed by atoms with Crippen LogP contribution in [0.3, 0.4) is 0 Å². The summed E-state index contributed by atoms with van der Waals surface area (Å²) in [5.74, 6) is 1.35. The molecule has 104 valence electrons. The zero-order chi connectivity index (χ0) is 14.1. The normalized spacial score (nSPS) is 11.3. The number of rotatable bonds is 4. The fraction of sp³-hybridized carbons (Fsp3) is 0.214. The molecular weight excluding hydrogens is 426 g/mol. The fourth-order valence-electron chi connectivity index (χ4n) is 2.21. The molecule has 6 heteroatoms. The standard InChI is InChI=1S/C14H11Cl2IN2S/c15-8-14-18-11-7-9(17)1-3-12(11)19(14)6-5-10-2-4-13(16)20-10/h1-4,7H,5-6,8H2. The summed E-state index contributed by atoms with van der Waals surface area (Å²) in [6.07, 6.45) is 0.943. The third kappa shape index (κ3) is 2.98. The van der Waals surface area contributed by atoms with E-state index >= 15 is 0 Å². The van der Waals surface area contributed by atoms with Crippen LogP contribution in [0.25, 0.3) is 11.0 Å². The van der Waals surface area contributed by atoms with E-state index in [1.807, 2.05) is 6.07 Å². The molecule has 0 aliphatic rings. The van der Waals surface area contributed by atoms with Crippen molar-refractivity contribution in [2.24, 2.45) is 0 Å². The van der Waals surface area contributed by atoms with Gasteiger partial charge in [-0.05, 0) is 59.3 Å². The Labute approximate surface area is 144 Å². The van der Waals surface area contributed by atoms with Crippen molar-refractivity contribution >= 4 is 68.2 Å². The van der Waals surface area contributed by atoms with Crippen LogP contribution in [0.2, 0.25) is 4.34 Å². The van der Waals surface area contributed by atoms with Gasteiger partial charge in [0.15, 0.2) is 0 Å². The minimum Gasteiger partial charge on any atom is -0.327 e. The fourth-order valence-corrected chi connectivity index (χ4v) is 3.97. The van der Waals surface area contributed by atoms with Gasteiger partial charge in [-0.25, -0.2) is 4.98 Å². The van der Waals surface area contributed by atoms with Crippen LogP contribution in [0.1, 0.15) is 10.7 Å². The van der Waals surface area contributed by atoms with Gasteiger partial charge in [-0.3, -0.25) is 0 Å². The maximum Gasteiger partial charge on any atom is 0.124 e. The zero-order valence-electron chi connectivity index (χ0n) is 10.4. The van der Waals surface area contributed by atoms with Gasteiger partial charge in [-0.1, -0.05) is 11.6 Å². The highest BCUT2D eigenvalue weighted by atomic mass is 127. The average Bonchev–Trinajstić information content (AvgIpc) is 2.99. The molecule has 20 heavy (non-hydrogen) atoms. The van der Waals surface area contributed by atoms with E-state index < -0.39 is 0 Å². The highest BCUT2D eigenvalue weighted by Gasteiger charge is 2.10. The second-order valence-electron chi connectivity index (χ2n) is 4.40. The quantitative estimate of drug-likeness (QED) is 0.398. The van der Waals surface area contributed by atoms with Crippen molar-refractivity contribution in [2.45, 2.75) is 18.8 Å². The maximum atomic E-state index is 6.03. The zero-order valence-corrected chi connectivity index (χ0v) is 14.9. The molecule has 0 spiro atoms. The Morgan fingerprint density at radius 2 is 2.10 bits per heavy atom. The lowest BCUT2D eigenvalue weighted by atomic mass is 10.3. The molecule has 0 amide bonds. The van der Waals surface area contributed by atoms with Crippen LogP contribution in [0.15, 0.2) is 30.3 Å². The number of hydrogen-bond donors (Lipinski definition) is 0. The number of hydrogen-bond acceptors (Lipinski definition) is 2. The lowest BCUT2D eigenvalue weighted by molar-refractivity contribution is 0.693. The van der Waals surface area contributed by atoms with Crippen molar-refractivity contribution in [2.75, 3.05) is 0 Å². The van der Waals surface area contributed by atoms with Gasteiger partial charge in [0.05, 0.1) is 21.2 Å². The molecule has 2 aromatic heterocycles. The molecule has 2 nitrogen and oxygen atoms in total. The van der Waals surface area contributed by atoms with Crippen molar-refractivity contribution in [3.63, 3.8) is 0 Å². The molecule has 0 saturated heterocycles. The van der Waals surface area contributed by atoms with E-state index in [1.165, 1.54) is 8.45 Å². The summed E-state index contributed by atoms with van der Waals surface area (Å²) >= 11 is 15.9. The first-order chi connectivity index (χ1) is 9.67. The van der Waals surface area contributed by atoms with E-state index in [1.54, 1.807) is 11.3 Å². The number of nitrogens with zero attached hydrogens (tertiary/aromatic N) is 2. The topological polar surface area (TPSA) is 17.8 Å². The smallest absolute Gasteiger partial charge is 0.124 e. The SMILES string of the molecule is ClCc1nc2cc(I)ccc2n1CCc1ccc(Cl)s1. The van der Waals surface area contributed by atoms with Crippen LogP contribution in [-0.2, 0) is 18.8 Å². The van der Waals surface area contributed by atoms with E-state index in [9.17, 15) is 0 Å². The number of thiophene rings is 1. The number of aryl methyl sites for hydroxylation is 2. The molecule has 3 aromatic rings. The molecule has 0 aliphatic heterocycles. The lowest BCUT2D eigenvalue weighted by Crippen LogP contribution is -2.04. The number of alkyl halides is 1. The van der Waals surface area contributed by atoms with Gasteiger partial charge in [0.1, 0.15) is 5.82 Å². The third-order valence-corrected chi connectivity index (χ3v) is 5.32. The molecule has 0 radical (unpaired) electrons. The van der Waals surface area contributed by atoms with Crippen molar-refractivity contribution in [3.05, 3.63) is 48.9 Å². The first-order valence-electron chi connectivity index (χ1n) is 6.12. The van der Waals surface area contributed by atoms with E-state index in [4.69, 9.17) is 23.2 Å². The van der Waals surface area contributed by atoms with E-state index in [0.717, 1.165) is 34.2 Å². The van der Waals surface area contributed by atoms with Gasteiger partial charge in [0.2, 0.25) is 0 Å². The number of imidazole rings is 1. The Morgan fingerprint density at radius 3 is 2.80 bits per heavy atom. The molecule has 1 aromatic carbocycles. The summed E-state index contributed by atoms with van der Waals surface area (Å²) in [4.78, 5) is 5.89. The van der Waals surface area contributed by atoms with E-state index in [-0.39, 0.29) is 0 Å². The Kier molecular flexibility index (Phi) is 4.55. The minimum absolute atomic E-state index is 0.427. The van der Waals surface area contributed by atoms with Crippen LogP contribution in [0.4, 0.5) is 0 Å². The van der Waals surface area contributed by atoms with Gasteiger partial charge in [-0.2, -0.15) is 0 Å². The van der Waals surface area contributed by atoms with Crippen molar-refractivity contribution in [3.8, 4) is 0 Å².